The summed E-state index contributed by atoms with van der Waals surface area (Å²) in [5, 5.41) is 2.62. The molecule has 8 rings (SSSR count). The molecule has 0 aromatic heterocycles. The molecule has 2 aliphatic rings. The normalized spacial score (nSPS) is 15.3. The van der Waals surface area contributed by atoms with Crippen LogP contribution in [0, 0.1) is 13.8 Å². The smallest absolute Gasteiger partial charge is 0.0542 e. The van der Waals surface area contributed by atoms with Crippen molar-refractivity contribution in [1.29, 1.82) is 0 Å². The van der Waals surface area contributed by atoms with Gasteiger partial charge in [0, 0.05) is 27.6 Å². The maximum atomic E-state index is 2.52. The molecular formula is C46H45N. The molecule has 0 fully saturated rings. The fourth-order valence-corrected chi connectivity index (χ4v) is 8.49. The van der Waals surface area contributed by atoms with E-state index in [1.807, 2.05) is 0 Å². The maximum Gasteiger partial charge on any atom is 0.0542 e. The van der Waals surface area contributed by atoms with Gasteiger partial charge in [-0.15, -0.1) is 0 Å². The maximum absolute atomic E-state index is 2.52. The highest BCUT2D eigenvalue weighted by Crippen LogP contribution is 2.54. The van der Waals surface area contributed by atoms with E-state index < -0.39 is 0 Å². The molecule has 0 aliphatic heterocycles. The van der Waals surface area contributed by atoms with Crippen LogP contribution in [0.15, 0.2) is 109 Å². The Balaban J connectivity index is 1.37. The summed E-state index contributed by atoms with van der Waals surface area (Å²) in [5.74, 6) is 0. The van der Waals surface area contributed by atoms with Gasteiger partial charge in [0.1, 0.15) is 0 Å². The van der Waals surface area contributed by atoms with Crippen LogP contribution >= 0.6 is 0 Å². The second-order valence-corrected chi connectivity index (χ2v) is 16.0. The Morgan fingerprint density at radius 3 is 1.68 bits per heavy atom. The topological polar surface area (TPSA) is 3.24 Å². The van der Waals surface area contributed by atoms with Crippen molar-refractivity contribution >= 4 is 27.8 Å². The van der Waals surface area contributed by atoms with Crippen molar-refractivity contribution in [2.24, 2.45) is 0 Å². The van der Waals surface area contributed by atoms with E-state index in [9.17, 15) is 0 Å². The van der Waals surface area contributed by atoms with Gasteiger partial charge < -0.3 is 4.90 Å². The summed E-state index contributed by atoms with van der Waals surface area (Å²) in [6.45, 7) is 21.0. The standard InChI is InChI=1S/C46H45N/c1-28-17-24-42(43-29(2)13-12-15-33(28)43)47(31-19-22-36-34-14-10-11-16-38(34)45(6,7)40(36)26-31)32-20-23-37-35-21-18-30(44(3,4)5)25-39(35)46(8,9)41(37)27-32/h10-27H,1-9H3. The summed E-state index contributed by atoms with van der Waals surface area (Å²) in [7, 11) is 0. The van der Waals surface area contributed by atoms with Crippen LogP contribution in [0.1, 0.15) is 87.4 Å². The zero-order valence-electron chi connectivity index (χ0n) is 29.3. The molecule has 0 atom stereocenters. The third kappa shape index (κ3) is 4.28. The average molecular weight is 612 g/mol. The number of anilines is 3. The van der Waals surface area contributed by atoms with E-state index in [4.69, 9.17) is 0 Å². The van der Waals surface area contributed by atoms with Crippen LogP contribution in [0.5, 0.6) is 0 Å². The molecule has 0 saturated carbocycles. The van der Waals surface area contributed by atoms with Crippen LogP contribution in [0.3, 0.4) is 0 Å². The third-order valence-electron chi connectivity index (χ3n) is 11.3. The number of hydrogen-bond acceptors (Lipinski definition) is 1. The minimum atomic E-state index is -0.111. The van der Waals surface area contributed by atoms with Crippen molar-refractivity contribution < 1.29 is 0 Å². The lowest BCUT2D eigenvalue weighted by Crippen LogP contribution is -2.19. The monoisotopic (exact) mass is 611 g/mol. The van der Waals surface area contributed by atoms with E-state index in [2.05, 4.69) is 176 Å². The van der Waals surface area contributed by atoms with Crippen LogP contribution in [-0.2, 0) is 16.2 Å². The lowest BCUT2D eigenvalue weighted by atomic mass is 9.79. The van der Waals surface area contributed by atoms with Gasteiger partial charge in [0.15, 0.2) is 0 Å². The minimum absolute atomic E-state index is 0.0782. The molecule has 0 radical (unpaired) electrons. The number of hydrogen-bond donors (Lipinski definition) is 0. The Kier molecular flexibility index (Phi) is 6.30. The predicted molar refractivity (Wildman–Crippen MR) is 202 cm³/mol. The molecule has 2 aliphatic carbocycles. The largest absolute Gasteiger partial charge is 0.310 e. The van der Waals surface area contributed by atoms with E-state index in [0.717, 1.165) is 0 Å². The van der Waals surface area contributed by atoms with Crippen molar-refractivity contribution in [2.45, 2.75) is 78.6 Å². The first kappa shape index (κ1) is 29.8. The highest BCUT2D eigenvalue weighted by molar-refractivity contribution is 6.03. The van der Waals surface area contributed by atoms with Gasteiger partial charge in [0.05, 0.1) is 5.69 Å². The van der Waals surface area contributed by atoms with Crippen LogP contribution in [0.2, 0.25) is 0 Å². The summed E-state index contributed by atoms with van der Waals surface area (Å²) < 4.78 is 0. The molecule has 0 amide bonds. The molecule has 0 bridgehead atoms. The molecule has 6 aromatic carbocycles. The van der Waals surface area contributed by atoms with Gasteiger partial charge in [0.25, 0.3) is 0 Å². The molecule has 0 heterocycles. The number of rotatable bonds is 3. The van der Waals surface area contributed by atoms with Gasteiger partial charge >= 0.3 is 0 Å². The fraction of sp³-hybridized carbons (Fsp3) is 0.261. The Labute approximate surface area is 280 Å². The Morgan fingerprint density at radius 2 is 1.04 bits per heavy atom. The molecule has 0 unspecified atom stereocenters. The van der Waals surface area contributed by atoms with E-state index in [-0.39, 0.29) is 16.2 Å². The van der Waals surface area contributed by atoms with Crippen molar-refractivity contribution in [3.8, 4) is 22.3 Å². The Hall–Kier alpha value is -4.62. The second kappa shape index (κ2) is 9.94. The lowest BCUT2D eigenvalue weighted by molar-refractivity contribution is 0.584. The van der Waals surface area contributed by atoms with Gasteiger partial charge in [-0.25, -0.2) is 0 Å². The van der Waals surface area contributed by atoms with Gasteiger partial charge in [-0.2, -0.15) is 0 Å². The Bertz CT molecular complexity index is 2250. The minimum Gasteiger partial charge on any atom is -0.310 e. The highest BCUT2D eigenvalue weighted by Gasteiger charge is 2.38. The third-order valence-corrected chi connectivity index (χ3v) is 11.3. The van der Waals surface area contributed by atoms with E-state index in [1.54, 1.807) is 0 Å². The van der Waals surface area contributed by atoms with Crippen LogP contribution in [0.4, 0.5) is 17.1 Å². The fourth-order valence-electron chi connectivity index (χ4n) is 8.49. The summed E-state index contributed by atoms with van der Waals surface area (Å²) in [6, 6.07) is 41.8. The molecule has 234 valence electrons. The van der Waals surface area contributed by atoms with Crippen molar-refractivity contribution in [1.82, 2.24) is 0 Å². The number of aryl methyl sites for hydroxylation is 2. The zero-order chi connectivity index (χ0) is 33.0. The number of benzene rings is 6. The summed E-state index contributed by atoms with van der Waals surface area (Å²) in [4.78, 5) is 2.52. The van der Waals surface area contributed by atoms with E-state index >= 15 is 0 Å². The molecule has 1 heteroatoms. The van der Waals surface area contributed by atoms with Crippen molar-refractivity contribution in [3.05, 3.63) is 148 Å². The molecule has 1 nitrogen and oxygen atoms in total. The zero-order valence-corrected chi connectivity index (χ0v) is 29.3. The first-order valence-electron chi connectivity index (χ1n) is 17.1. The molecule has 0 spiro atoms. The van der Waals surface area contributed by atoms with Gasteiger partial charge in [-0.3, -0.25) is 0 Å². The van der Waals surface area contributed by atoms with Gasteiger partial charge in [0.2, 0.25) is 0 Å². The van der Waals surface area contributed by atoms with E-state index in [0.29, 0.717) is 0 Å². The SMILES string of the molecule is Cc1ccc(N(c2ccc3c(c2)C(C)(C)c2ccccc2-3)c2ccc3c(c2)C(C)(C)c2cc(C(C)(C)C)ccc2-3)c2c(C)cccc12. The average Bonchev–Trinajstić information content (AvgIpc) is 3.41. The molecule has 47 heavy (non-hydrogen) atoms. The predicted octanol–water partition coefficient (Wildman–Crippen LogP) is 12.8. The van der Waals surface area contributed by atoms with Crippen LogP contribution in [-0.4, -0.2) is 0 Å². The molecule has 0 saturated heterocycles. The molecular weight excluding hydrogens is 567 g/mol. The number of fused-ring (bicyclic) bond motifs is 7. The van der Waals surface area contributed by atoms with Crippen LogP contribution < -0.4 is 4.90 Å². The quantitative estimate of drug-likeness (QED) is 0.192. The van der Waals surface area contributed by atoms with Gasteiger partial charge in [-0.1, -0.05) is 127 Å². The van der Waals surface area contributed by atoms with E-state index in [1.165, 1.54) is 89.0 Å². The summed E-state index contributed by atoms with van der Waals surface area (Å²) in [5.41, 5.74) is 18.6. The molecule has 0 N–H and O–H groups in total. The highest BCUT2D eigenvalue weighted by atomic mass is 15.1. The lowest BCUT2D eigenvalue weighted by Gasteiger charge is -2.31. The van der Waals surface area contributed by atoms with Gasteiger partial charge in [-0.05, 0) is 116 Å². The first-order chi connectivity index (χ1) is 22.3. The second-order valence-electron chi connectivity index (χ2n) is 16.0. The summed E-state index contributed by atoms with van der Waals surface area (Å²) in [6.07, 6.45) is 0. The Morgan fingerprint density at radius 1 is 0.489 bits per heavy atom. The van der Waals surface area contributed by atoms with Crippen LogP contribution in [0.25, 0.3) is 33.0 Å². The van der Waals surface area contributed by atoms with Crippen molar-refractivity contribution in [3.63, 3.8) is 0 Å². The molecule has 6 aromatic rings. The first-order valence-corrected chi connectivity index (χ1v) is 17.1. The number of nitrogens with zero attached hydrogens (tertiary/aromatic N) is 1. The summed E-state index contributed by atoms with van der Waals surface area (Å²) >= 11 is 0. The van der Waals surface area contributed by atoms with Crippen molar-refractivity contribution in [2.75, 3.05) is 4.90 Å².